The Morgan fingerprint density at radius 2 is 1.93 bits per heavy atom. The van der Waals surface area contributed by atoms with Crippen LogP contribution < -0.4 is 14.4 Å². The van der Waals surface area contributed by atoms with E-state index in [9.17, 15) is 5.11 Å². The summed E-state index contributed by atoms with van der Waals surface area (Å²) in [5, 5.41) is 10.4. The molecule has 0 aliphatic carbocycles. The Morgan fingerprint density at radius 3 is 2.61 bits per heavy atom. The van der Waals surface area contributed by atoms with Crippen LogP contribution in [-0.4, -0.2) is 57.9 Å². The van der Waals surface area contributed by atoms with E-state index in [0.29, 0.717) is 24.5 Å². The van der Waals surface area contributed by atoms with Crippen LogP contribution in [0.1, 0.15) is 24.1 Å². The Morgan fingerprint density at radius 1 is 1.18 bits per heavy atom. The summed E-state index contributed by atoms with van der Waals surface area (Å²) < 4.78 is 16.3. The summed E-state index contributed by atoms with van der Waals surface area (Å²) in [5.74, 6) is 1.46. The van der Waals surface area contributed by atoms with Crippen LogP contribution in [0, 0.1) is 0 Å². The number of ether oxygens (including phenoxy) is 3. The zero-order valence-electron chi connectivity index (χ0n) is 16.6. The quantitative estimate of drug-likeness (QED) is 0.681. The van der Waals surface area contributed by atoms with Gasteiger partial charge in [-0.2, -0.15) is 0 Å². The van der Waals surface area contributed by atoms with E-state index in [0.717, 1.165) is 32.1 Å². The molecule has 0 radical (unpaired) electrons. The number of aliphatic imine (C=N–C) groups is 1. The fraction of sp³-hybridized carbons (Fsp3) is 0.409. The van der Waals surface area contributed by atoms with E-state index in [1.165, 1.54) is 10.5 Å². The fourth-order valence-corrected chi connectivity index (χ4v) is 3.46. The third kappa shape index (κ3) is 5.03. The van der Waals surface area contributed by atoms with Crippen molar-refractivity contribution in [3.8, 4) is 17.2 Å². The predicted octanol–water partition coefficient (Wildman–Crippen LogP) is 1.87. The monoisotopic (exact) mass is 385 g/mol. The van der Waals surface area contributed by atoms with Crippen molar-refractivity contribution in [2.75, 3.05) is 46.6 Å². The summed E-state index contributed by atoms with van der Waals surface area (Å²) in [4.78, 5) is 6.12. The number of aromatic hydroxyl groups is 1. The van der Waals surface area contributed by atoms with Gasteiger partial charge in [0.1, 0.15) is 24.9 Å². The Kier molecular flexibility index (Phi) is 7.28. The molecule has 1 atom stereocenters. The number of para-hydroxylation sites is 1. The summed E-state index contributed by atoms with van der Waals surface area (Å²) in [6, 6.07) is 13.9. The Balaban J connectivity index is 1.77. The summed E-state index contributed by atoms with van der Waals surface area (Å²) in [7, 11) is 1.67. The van der Waals surface area contributed by atoms with Crippen molar-refractivity contribution in [2.45, 2.75) is 13.0 Å². The minimum absolute atomic E-state index is 0.132. The maximum absolute atomic E-state index is 10.4. The normalized spacial score (nSPS) is 16.2. The molecule has 0 unspecified atom stereocenters. The third-order valence-electron chi connectivity index (χ3n) is 4.99. The van der Waals surface area contributed by atoms with Crippen molar-refractivity contribution in [1.29, 1.82) is 0 Å². The molecule has 1 fully saturated rings. The molecular weight excluding hydrogens is 356 g/mol. The van der Waals surface area contributed by atoms with Gasteiger partial charge in [-0.05, 0) is 43.3 Å². The molecular formula is C22H29N2O4+. The molecule has 2 N–H and O–H groups in total. The van der Waals surface area contributed by atoms with Gasteiger partial charge in [-0.1, -0.05) is 6.07 Å². The van der Waals surface area contributed by atoms with Gasteiger partial charge in [0.05, 0.1) is 33.5 Å². The Bertz CT molecular complexity index is 771. The van der Waals surface area contributed by atoms with Crippen LogP contribution in [0.5, 0.6) is 17.2 Å². The Hall–Kier alpha value is -2.57. The summed E-state index contributed by atoms with van der Waals surface area (Å²) in [6.07, 6.45) is 1.73. The zero-order chi connectivity index (χ0) is 19.8. The molecule has 1 aliphatic heterocycles. The maximum atomic E-state index is 10.4. The summed E-state index contributed by atoms with van der Waals surface area (Å²) in [5.41, 5.74) is 1.89. The maximum Gasteiger partial charge on any atom is 0.166 e. The lowest BCUT2D eigenvalue weighted by Crippen LogP contribution is -3.14. The van der Waals surface area contributed by atoms with Crippen molar-refractivity contribution in [2.24, 2.45) is 4.99 Å². The summed E-state index contributed by atoms with van der Waals surface area (Å²) >= 11 is 0. The van der Waals surface area contributed by atoms with Gasteiger partial charge in [0.2, 0.25) is 0 Å². The van der Waals surface area contributed by atoms with Crippen molar-refractivity contribution in [1.82, 2.24) is 0 Å². The van der Waals surface area contributed by atoms with Gasteiger partial charge in [0.15, 0.2) is 11.5 Å². The first-order chi connectivity index (χ1) is 13.7. The number of phenols is 1. The highest BCUT2D eigenvalue weighted by molar-refractivity contribution is 5.84. The minimum Gasteiger partial charge on any atom is -0.504 e. The molecule has 2 aromatic rings. The lowest BCUT2D eigenvalue weighted by Gasteiger charge is -2.31. The molecule has 6 nitrogen and oxygen atoms in total. The van der Waals surface area contributed by atoms with E-state index in [1.54, 1.807) is 19.4 Å². The number of hydrogen-bond acceptors (Lipinski definition) is 5. The minimum atomic E-state index is 0.132. The Labute approximate surface area is 166 Å². The molecule has 2 aromatic carbocycles. The van der Waals surface area contributed by atoms with Crippen LogP contribution in [0.2, 0.25) is 0 Å². The first kappa shape index (κ1) is 20.2. The highest BCUT2D eigenvalue weighted by Gasteiger charge is 2.26. The van der Waals surface area contributed by atoms with E-state index in [-0.39, 0.29) is 11.8 Å². The van der Waals surface area contributed by atoms with Crippen LogP contribution in [0.25, 0.3) is 0 Å². The second-order valence-corrected chi connectivity index (χ2v) is 6.72. The van der Waals surface area contributed by atoms with Gasteiger partial charge >= 0.3 is 0 Å². The molecule has 1 aliphatic rings. The second kappa shape index (κ2) is 10.1. The van der Waals surface area contributed by atoms with Crippen molar-refractivity contribution in [3.63, 3.8) is 0 Å². The molecule has 1 heterocycles. The van der Waals surface area contributed by atoms with Gasteiger partial charge in [-0.3, -0.25) is 4.99 Å². The van der Waals surface area contributed by atoms with Crippen molar-refractivity contribution < 1.29 is 24.2 Å². The predicted molar refractivity (Wildman–Crippen MR) is 109 cm³/mol. The van der Waals surface area contributed by atoms with Crippen LogP contribution in [0.3, 0.4) is 0 Å². The smallest absolute Gasteiger partial charge is 0.166 e. The van der Waals surface area contributed by atoms with E-state index < -0.39 is 0 Å². The number of rotatable bonds is 8. The van der Waals surface area contributed by atoms with Gasteiger partial charge in [0, 0.05) is 17.3 Å². The number of nitrogens with one attached hydrogen (secondary N) is 1. The number of quaternary nitrogens is 1. The molecule has 28 heavy (non-hydrogen) atoms. The first-order valence-corrected chi connectivity index (χ1v) is 9.73. The van der Waals surface area contributed by atoms with Crippen LogP contribution >= 0.6 is 0 Å². The van der Waals surface area contributed by atoms with Crippen LogP contribution in [0.4, 0.5) is 0 Å². The number of nitrogens with zero attached hydrogens (tertiary/aromatic N) is 1. The van der Waals surface area contributed by atoms with Crippen LogP contribution in [0.15, 0.2) is 47.5 Å². The second-order valence-electron chi connectivity index (χ2n) is 6.72. The van der Waals surface area contributed by atoms with E-state index in [4.69, 9.17) is 14.2 Å². The lowest BCUT2D eigenvalue weighted by atomic mass is 10.0. The highest BCUT2D eigenvalue weighted by atomic mass is 16.5. The summed E-state index contributed by atoms with van der Waals surface area (Å²) in [6.45, 7) is 6.47. The number of hydrogen-bond donors (Lipinski definition) is 2. The largest absolute Gasteiger partial charge is 0.504 e. The first-order valence-electron chi connectivity index (χ1n) is 9.73. The fourth-order valence-electron chi connectivity index (χ4n) is 3.46. The van der Waals surface area contributed by atoms with Crippen molar-refractivity contribution >= 4 is 6.21 Å². The molecule has 0 aromatic heterocycles. The van der Waals surface area contributed by atoms with E-state index in [1.807, 2.05) is 31.2 Å². The lowest BCUT2D eigenvalue weighted by molar-refractivity contribution is -0.937. The highest BCUT2D eigenvalue weighted by Crippen LogP contribution is 2.28. The third-order valence-corrected chi connectivity index (χ3v) is 4.99. The van der Waals surface area contributed by atoms with Crippen LogP contribution in [-0.2, 0) is 4.74 Å². The van der Waals surface area contributed by atoms with Gasteiger partial charge in [-0.15, -0.1) is 0 Å². The molecule has 0 saturated carbocycles. The molecule has 6 heteroatoms. The van der Waals surface area contributed by atoms with Gasteiger partial charge in [0.25, 0.3) is 0 Å². The van der Waals surface area contributed by atoms with E-state index in [2.05, 4.69) is 17.1 Å². The average Bonchev–Trinajstić information content (AvgIpc) is 2.74. The average molecular weight is 385 g/mol. The molecule has 0 amide bonds. The van der Waals surface area contributed by atoms with Crippen molar-refractivity contribution in [3.05, 3.63) is 53.6 Å². The number of morpholine rings is 1. The SMILES string of the molecule is CCOc1cccc(C=NC[C@@H](c2ccc(OC)cc2)[NH+]2CCOCC2)c1O. The number of methoxy groups -OCH3 is 1. The van der Waals surface area contributed by atoms with Gasteiger partial charge < -0.3 is 24.2 Å². The molecule has 0 spiro atoms. The number of phenolic OH excluding ortho intramolecular Hbond substituents is 1. The zero-order valence-corrected chi connectivity index (χ0v) is 16.6. The molecule has 150 valence electrons. The van der Waals surface area contributed by atoms with Gasteiger partial charge in [-0.25, -0.2) is 0 Å². The molecule has 1 saturated heterocycles. The molecule has 3 rings (SSSR count). The van der Waals surface area contributed by atoms with E-state index >= 15 is 0 Å². The topological polar surface area (TPSA) is 64.7 Å². The number of benzene rings is 2. The standard InChI is InChI=1S/C22H28N2O4/c1-3-28-21-6-4-5-18(22(21)25)15-23-16-20(24-11-13-27-14-12-24)17-7-9-19(26-2)10-8-17/h4-10,15,20,25H,3,11-14,16H2,1-2H3/p+1/t20-/m0/s1. The molecule has 0 bridgehead atoms.